The van der Waals surface area contributed by atoms with Crippen molar-refractivity contribution in [2.45, 2.75) is 18.9 Å². The average Bonchev–Trinajstić information content (AvgIpc) is 3.22. The summed E-state index contributed by atoms with van der Waals surface area (Å²) in [7, 11) is 0. The van der Waals surface area contributed by atoms with Gasteiger partial charge in [0.25, 0.3) is 5.91 Å². The highest BCUT2D eigenvalue weighted by Gasteiger charge is 2.24. The minimum atomic E-state index is -0.00625. The van der Waals surface area contributed by atoms with Gasteiger partial charge >= 0.3 is 0 Å². The molecular formula is C17H19BrN2OS. The van der Waals surface area contributed by atoms with Crippen LogP contribution in [0, 0.1) is 0 Å². The van der Waals surface area contributed by atoms with Crippen LogP contribution in [0.25, 0.3) is 0 Å². The van der Waals surface area contributed by atoms with Crippen molar-refractivity contribution in [1.82, 2.24) is 10.2 Å². The van der Waals surface area contributed by atoms with Gasteiger partial charge in [0, 0.05) is 21.5 Å². The Morgan fingerprint density at radius 3 is 2.59 bits per heavy atom. The van der Waals surface area contributed by atoms with E-state index in [0.717, 1.165) is 17.6 Å². The number of carbonyl (C=O) groups is 1. The summed E-state index contributed by atoms with van der Waals surface area (Å²) in [6.45, 7) is 2.91. The van der Waals surface area contributed by atoms with Crippen molar-refractivity contribution < 1.29 is 4.79 Å². The third kappa shape index (κ3) is 3.77. The zero-order valence-corrected chi connectivity index (χ0v) is 14.7. The molecule has 22 heavy (non-hydrogen) atoms. The molecule has 5 heteroatoms. The van der Waals surface area contributed by atoms with Crippen LogP contribution in [-0.4, -0.2) is 30.4 Å². The van der Waals surface area contributed by atoms with Gasteiger partial charge in [0.1, 0.15) is 0 Å². The average molecular weight is 379 g/mol. The van der Waals surface area contributed by atoms with E-state index in [0.29, 0.717) is 18.2 Å². The summed E-state index contributed by atoms with van der Waals surface area (Å²) in [4.78, 5) is 16.1. The lowest BCUT2D eigenvalue weighted by molar-refractivity contribution is 0.0938. The number of rotatable bonds is 5. The summed E-state index contributed by atoms with van der Waals surface area (Å²) < 4.78 is 0.984. The molecule has 1 aliphatic rings. The lowest BCUT2D eigenvalue weighted by atomic mass is 10.2. The topological polar surface area (TPSA) is 32.3 Å². The van der Waals surface area contributed by atoms with E-state index in [9.17, 15) is 4.79 Å². The van der Waals surface area contributed by atoms with Crippen LogP contribution in [0.15, 0.2) is 46.3 Å². The van der Waals surface area contributed by atoms with Crippen LogP contribution in [0.1, 0.15) is 34.1 Å². The standard InChI is InChI=1S/C17H19BrN2OS/c18-14-7-5-13(6-8-14)17(21)19-12-15(16-4-3-11-22-16)20-9-1-2-10-20/h3-8,11,15H,1-2,9-10,12H2,(H,19,21)/t15-/m1/s1. The monoisotopic (exact) mass is 378 g/mol. The first-order valence-corrected chi connectivity index (χ1v) is 9.22. The molecule has 3 rings (SSSR count). The second kappa shape index (κ2) is 7.40. The zero-order chi connectivity index (χ0) is 15.4. The first kappa shape index (κ1) is 15.7. The summed E-state index contributed by atoms with van der Waals surface area (Å²) in [6.07, 6.45) is 2.51. The van der Waals surface area contributed by atoms with Crippen LogP contribution < -0.4 is 5.32 Å². The summed E-state index contributed by atoms with van der Waals surface area (Å²) in [5.41, 5.74) is 0.703. The fourth-order valence-corrected chi connectivity index (χ4v) is 3.96. The van der Waals surface area contributed by atoms with E-state index in [-0.39, 0.29) is 5.91 Å². The molecule has 0 radical (unpaired) electrons. The van der Waals surface area contributed by atoms with Crippen LogP contribution in [0.2, 0.25) is 0 Å². The lowest BCUT2D eigenvalue weighted by Crippen LogP contribution is -2.36. The molecule has 1 aromatic heterocycles. The molecule has 1 fully saturated rings. The Hall–Kier alpha value is -1.17. The quantitative estimate of drug-likeness (QED) is 0.849. The van der Waals surface area contributed by atoms with Gasteiger partial charge < -0.3 is 5.32 Å². The van der Waals surface area contributed by atoms with Gasteiger partial charge in [0.15, 0.2) is 0 Å². The Kier molecular flexibility index (Phi) is 5.28. The van der Waals surface area contributed by atoms with Crippen molar-refractivity contribution in [2.24, 2.45) is 0 Å². The van der Waals surface area contributed by atoms with Crippen LogP contribution >= 0.6 is 27.3 Å². The van der Waals surface area contributed by atoms with Crippen molar-refractivity contribution in [2.75, 3.05) is 19.6 Å². The molecule has 0 aliphatic carbocycles. The first-order valence-electron chi connectivity index (χ1n) is 7.55. The SMILES string of the molecule is O=C(NC[C@H](c1cccs1)N1CCCC1)c1ccc(Br)cc1. The van der Waals surface area contributed by atoms with E-state index >= 15 is 0 Å². The predicted octanol–water partition coefficient (Wildman–Crippen LogP) is 4.08. The number of amides is 1. The van der Waals surface area contributed by atoms with Crippen molar-refractivity contribution in [3.05, 3.63) is 56.7 Å². The Balaban J connectivity index is 1.66. The molecular weight excluding hydrogens is 360 g/mol. The molecule has 1 N–H and O–H groups in total. The molecule has 0 saturated carbocycles. The highest BCUT2D eigenvalue weighted by molar-refractivity contribution is 9.10. The van der Waals surface area contributed by atoms with Crippen LogP contribution in [0.3, 0.4) is 0 Å². The van der Waals surface area contributed by atoms with Crippen molar-refractivity contribution >= 4 is 33.2 Å². The Bertz CT molecular complexity index is 606. The molecule has 1 aliphatic heterocycles. The molecule has 1 aromatic carbocycles. The molecule has 1 atom stereocenters. The number of hydrogen-bond acceptors (Lipinski definition) is 3. The highest BCUT2D eigenvalue weighted by atomic mass is 79.9. The van der Waals surface area contributed by atoms with Gasteiger partial charge in [0.05, 0.1) is 6.04 Å². The van der Waals surface area contributed by atoms with E-state index in [1.165, 1.54) is 17.7 Å². The van der Waals surface area contributed by atoms with Crippen molar-refractivity contribution in [3.63, 3.8) is 0 Å². The second-order valence-electron chi connectivity index (χ2n) is 5.49. The number of nitrogens with one attached hydrogen (secondary N) is 1. The minimum Gasteiger partial charge on any atom is -0.350 e. The lowest BCUT2D eigenvalue weighted by Gasteiger charge is -2.26. The fourth-order valence-electron chi connectivity index (χ4n) is 2.84. The summed E-state index contributed by atoms with van der Waals surface area (Å²) in [5.74, 6) is -0.00625. The Morgan fingerprint density at radius 1 is 1.23 bits per heavy atom. The van der Waals surface area contributed by atoms with Gasteiger partial charge in [-0.2, -0.15) is 0 Å². The molecule has 116 valence electrons. The van der Waals surface area contributed by atoms with E-state index in [4.69, 9.17) is 0 Å². The molecule has 0 bridgehead atoms. The van der Waals surface area contributed by atoms with E-state index in [2.05, 4.69) is 43.7 Å². The van der Waals surface area contributed by atoms with E-state index < -0.39 is 0 Å². The van der Waals surface area contributed by atoms with Crippen molar-refractivity contribution in [3.8, 4) is 0 Å². The van der Waals surface area contributed by atoms with E-state index in [1.54, 1.807) is 11.3 Å². The van der Waals surface area contributed by atoms with Crippen molar-refractivity contribution in [1.29, 1.82) is 0 Å². The summed E-state index contributed by atoms with van der Waals surface area (Å²) >= 11 is 5.16. The zero-order valence-electron chi connectivity index (χ0n) is 12.3. The first-order chi connectivity index (χ1) is 10.7. The number of benzene rings is 1. The number of nitrogens with zero attached hydrogens (tertiary/aromatic N) is 1. The maximum absolute atomic E-state index is 12.3. The minimum absolute atomic E-state index is 0.00625. The number of carbonyl (C=O) groups excluding carboxylic acids is 1. The number of thiophene rings is 1. The molecule has 1 amide bonds. The number of halogens is 1. The summed E-state index contributed by atoms with van der Waals surface area (Å²) in [5, 5.41) is 5.20. The van der Waals surface area contributed by atoms with Crippen LogP contribution in [0.5, 0.6) is 0 Å². The largest absolute Gasteiger partial charge is 0.350 e. The molecule has 2 heterocycles. The summed E-state index contributed by atoms with van der Waals surface area (Å²) in [6, 6.07) is 12.0. The number of hydrogen-bond donors (Lipinski definition) is 1. The van der Waals surface area contributed by atoms with Gasteiger partial charge in [-0.1, -0.05) is 22.0 Å². The molecule has 1 saturated heterocycles. The predicted molar refractivity (Wildman–Crippen MR) is 94.3 cm³/mol. The maximum atomic E-state index is 12.3. The molecule has 3 nitrogen and oxygen atoms in total. The van der Waals surface area contributed by atoms with Gasteiger partial charge in [-0.25, -0.2) is 0 Å². The van der Waals surface area contributed by atoms with Crippen LogP contribution in [-0.2, 0) is 0 Å². The van der Waals surface area contributed by atoms with E-state index in [1.807, 2.05) is 24.3 Å². The normalized spacial score (nSPS) is 16.6. The van der Waals surface area contributed by atoms with Gasteiger partial charge in [0.2, 0.25) is 0 Å². The smallest absolute Gasteiger partial charge is 0.251 e. The van der Waals surface area contributed by atoms with Gasteiger partial charge in [-0.05, 0) is 61.6 Å². The van der Waals surface area contributed by atoms with Gasteiger partial charge in [-0.15, -0.1) is 11.3 Å². The molecule has 0 unspecified atom stereocenters. The second-order valence-corrected chi connectivity index (χ2v) is 7.39. The molecule has 2 aromatic rings. The Labute approximate surface area is 143 Å². The number of likely N-dealkylation sites (tertiary alicyclic amines) is 1. The van der Waals surface area contributed by atoms with Crippen LogP contribution in [0.4, 0.5) is 0 Å². The molecule has 0 spiro atoms. The Morgan fingerprint density at radius 2 is 1.95 bits per heavy atom. The third-order valence-electron chi connectivity index (χ3n) is 4.02. The maximum Gasteiger partial charge on any atom is 0.251 e. The third-order valence-corrected chi connectivity index (χ3v) is 5.52. The highest BCUT2D eigenvalue weighted by Crippen LogP contribution is 2.27. The van der Waals surface area contributed by atoms with Gasteiger partial charge in [-0.3, -0.25) is 9.69 Å². The fraction of sp³-hybridized carbons (Fsp3) is 0.353.